The molecule has 1 saturated carbocycles. The maximum Gasteiger partial charge on any atom is 0.0391 e. The molecule has 104 valence electrons. The largest absolute Gasteiger partial charge is 0.330 e. The monoisotopic (exact) mass is 322 g/mol. The summed E-state index contributed by atoms with van der Waals surface area (Å²) in [6.07, 6.45) is 6.70. The lowest BCUT2D eigenvalue weighted by Gasteiger charge is -2.35. The van der Waals surface area contributed by atoms with Gasteiger partial charge in [-0.15, -0.1) is 0 Å². The zero-order chi connectivity index (χ0) is 13.2. The van der Waals surface area contributed by atoms with Crippen molar-refractivity contribution in [2.75, 3.05) is 13.1 Å². The summed E-state index contributed by atoms with van der Waals surface area (Å²) < 4.78 is 1.16. The maximum atomic E-state index is 6.08. The van der Waals surface area contributed by atoms with Crippen LogP contribution in [-0.2, 0) is 0 Å². The molecule has 0 radical (unpaired) electrons. The Kier molecular flexibility index (Phi) is 4.25. The molecule has 3 heteroatoms. The first-order valence-corrected chi connectivity index (χ1v) is 8.30. The van der Waals surface area contributed by atoms with Crippen LogP contribution in [0.15, 0.2) is 28.7 Å². The zero-order valence-corrected chi connectivity index (χ0v) is 13.0. The first-order valence-electron chi connectivity index (χ1n) is 7.51. The fraction of sp³-hybridized carbons (Fsp3) is 0.625. The van der Waals surface area contributed by atoms with E-state index in [1.807, 2.05) is 0 Å². The number of benzene rings is 1. The van der Waals surface area contributed by atoms with Crippen LogP contribution in [0.25, 0.3) is 0 Å². The highest BCUT2D eigenvalue weighted by Gasteiger charge is 2.38. The molecule has 2 N–H and O–H groups in total. The molecule has 1 aliphatic heterocycles. The van der Waals surface area contributed by atoms with Crippen LogP contribution in [0.2, 0.25) is 0 Å². The lowest BCUT2D eigenvalue weighted by atomic mass is 9.89. The predicted octanol–water partition coefficient (Wildman–Crippen LogP) is 3.71. The summed E-state index contributed by atoms with van der Waals surface area (Å²) in [5, 5.41) is 0. The Balaban J connectivity index is 1.91. The van der Waals surface area contributed by atoms with Gasteiger partial charge in [0, 0.05) is 16.6 Å². The van der Waals surface area contributed by atoms with E-state index in [-0.39, 0.29) is 0 Å². The van der Waals surface area contributed by atoms with E-state index in [4.69, 9.17) is 5.73 Å². The van der Waals surface area contributed by atoms with Crippen LogP contribution in [0.3, 0.4) is 0 Å². The smallest absolute Gasteiger partial charge is 0.0391 e. The molecule has 0 bridgehead atoms. The zero-order valence-electron chi connectivity index (χ0n) is 11.4. The van der Waals surface area contributed by atoms with Crippen molar-refractivity contribution >= 4 is 15.9 Å². The van der Waals surface area contributed by atoms with Gasteiger partial charge in [0.05, 0.1) is 0 Å². The molecule has 2 unspecified atom stereocenters. The van der Waals surface area contributed by atoms with Crippen LogP contribution in [0.4, 0.5) is 0 Å². The quantitative estimate of drug-likeness (QED) is 0.919. The fourth-order valence-corrected chi connectivity index (χ4v) is 3.72. The molecular weight excluding hydrogens is 300 g/mol. The van der Waals surface area contributed by atoms with Crippen LogP contribution in [-0.4, -0.2) is 24.0 Å². The molecule has 0 aromatic heterocycles. The molecule has 0 spiro atoms. The highest BCUT2D eigenvalue weighted by atomic mass is 79.9. The van der Waals surface area contributed by atoms with Gasteiger partial charge in [0.1, 0.15) is 0 Å². The maximum absolute atomic E-state index is 6.08. The van der Waals surface area contributed by atoms with Crippen LogP contribution < -0.4 is 5.73 Å². The second-order valence-electron chi connectivity index (χ2n) is 5.96. The lowest BCUT2D eigenvalue weighted by molar-refractivity contribution is 0.149. The summed E-state index contributed by atoms with van der Waals surface area (Å²) in [5.41, 5.74) is 7.53. The molecule has 1 aromatic carbocycles. The number of halogens is 1. The summed E-state index contributed by atoms with van der Waals surface area (Å²) in [7, 11) is 0. The van der Waals surface area contributed by atoms with Crippen molar-refractivity contribution in [3.05, 3.63) is 34.3 Å². The van der Waals surface area contributed by atoms with Crippen LogP contribution in [0, 0.1) is 5.92 Å². The van der Waals surface area contributed by atoms with Gasteiger partial charge in [-0.05, 0) is 62.4 Å². The summed E-state index contributed by atoms with van der Waals surface area (Å²) in [6.45, 7) is 2.06. The lowest BCUT2D eigenvalue weighted by Crippen LogP contribution is -2.37. The van der Waals surface area contributed by atoms with E-state index in [9.17, 15) is 0 Å². The van der Waals surface area contributed by atoms with Gasteiger partial charge < -0.3 is 5.73 Å². The van der Waals surface area contributed by atoms with E-state index < -0.39 is 0 Å². The average Bonchev–Trinajstić information content (AvgIpc) is 3.25. The number of rotatable bonds is 3. The Hall–Kier alpha value is -0.380. The standard InChI is InChI=1S/C16H23BrN2/c17-14-6-4-12(5-7-14)16-13(11-18)3-1-2-10-19(16)15-8-9-15/h4-7,13,15-16H,1-3,8-11,18H2. The Bertz CT molecular complexity index is 413. The molecule has 1 aromatic rings. The van der Waals surface area contributed by atoms with E-state index in [1.165, 1.54) is 44.2 Å². The average molecular weight is 323 g/mol. The third kappa shape index (κ3) is 3.04. The van der Waals surface area contributed by atoms with Gasteiger partial charge in [-0.3, -0.25) is 4.90 Å². The molecule has 2 fully saturated rings. The molecule has 2 nitrogen and oxygen atoms in total. The molecule has 1 saturated heterocycles. The van der Waals surface area contributed by atoms with Gasteiger partial charge >= 0.3 is 0 Å². The normalized spacial score (nSPS) is 29.2. The van der Waals surface area contributed by atoms with E-state index in [0.717, 1.165) is 17.1 Å². The number of hydrogen-bond acceptors (Lipinski definition) is 2. The fourth-order valence-electron chi connectivity index (χ4n) is 3.45. The summed E-state index contributed by atoms with van der Waals surface area (Å²) >= 11 is 3.54. The highest BCUT2D eigenvalue weighted by molar-refractivity contribution is 9.10. The van der Waals surface area contributed by atoms with Crippen molar-refractivity contribution in [3.8, 4) is 0 Å². The third-order valence-electron chi connectivity index (χ3n) is 4.58. The summed E-state index contributed by atoms with van der Waals surface area (Å²) in [6, 6.07) is 10.2. The third-order valence-corrected chi connectivity index (χ3v) is 5.10. The highest BCUT2D eigenvalue weighted by Crippen LogP contribution is 2.41. The van der Waals surface area contributed by atoms with E-state index in [0.29, 0.717) is 12.0 Å². The van der Waals surface area contributed by atoms with Gasteiger partial charge in [0.15, 0.2) is 0 Å². The van der Waals surface area contributed by atoms with Crippen molar-refractivity contribution in [3.63, 3.8) is 0 Å². The molecule has 2 atom stereocenters. The molecule has 19 heavy (non-hydrogen) atoms. The molecular formula is C16H23BrN2. The van der Waals surface area contributed by atoms with Gasteiger partial charge in [0.2, 0.25) is 0 Å². The van der Waals surface area contributed by atoms with Gasteiger partial charge in [-0.2, -0.15) is 0 Å². The number of nitrogens with zero attached hydrogens (tertiary/aromatic N) is 1. The van der Waals surface area contributed by atoms with Gasteiger partial charge in [-0.1, -0.05) is 34.5 Å². The molecule has 2 aliphatic rings. The first kappa shape index (κ1) is 13.6. The van der Waals surface area contributed by atoms with Crippen molar-refractivity contribution in [1.82, 2.24) is 4.90 Å². The first-order chi connectivity index (χ1) is 9.29. The molecule has 0 amide bonds. The number of hydrogen-bond donors (Lipinski definition) is 1. The van der Waals surface area contributed by atoms with Crippen molar-refractivity contribution in [2.24, 2.45) is 11.7 Å². The summed E-state index contributed by atoms with van der Waals surface area (Å²) in [4.78, 5) is 2.74. The van der Waals surface area contributed by atoms with Crippen molar-refractivity contribution < 1.29 is 0 Å². The number of nitrogens with two attached hydrogens (primary N) is 1. The second kappa shape index (κ2) is 5.94. The molecule has 1 heterocycles. The molecule has 3 rings (SSSR count). The SMILES string of the molecule is NCC1CCCCN(C2CC2)C1c1ccc(Br)cc1. The number of likely N-dealkylation sites (tertiary alicyclic amines) is 1. The topological polar surface area (TPSA) is 29.3 Å². The van der Waals surface area contributed by atoms with E-state index >= 15 is 0 Å². The predicted molar refractivity (Wildman–Crippen MR) is 83.0 cm³/mol. The second-order valence-corrected chi connectivity index (χ2v) is 6.87. The van der Waals surface area contributed by atoms with E-state index in [1.54, 1.807) is 0 Å². The Morgan fingerprint density at radius 3 is 2.47 bits per heavy atom. The van der Waals surface area contributed by atoms with E-state index in [2.05, 4.69) is 45.1 Å². The van der Waals surface area contributed by atoms with Crippen molar-refractivity contribution in [2.45, 2.75) is 44.2 Å². The minimum atomic E-state index is 0.535. The van der Waals surface area contributed by atoms with Gasteiger partial charge in [0.25, 0.3) is 0 Å². The van der Waals surface area contributed by atoms with Crippen LogP contribution in [0.5, 0.6) is 0 Å². The Labute approximate surface area is 124 Å². The summed E-state index contributed by atoms with van der Waals surface area (Å²) in [5.74, 6) is 0.615. The Morgan fingerprint density at radius 2 is 1.84 bits per heavy atom. The Morgan fingerprint density at radius 1 is 1.11 bits per heavy atom. The molecule has 1 aliphatic carbocycles. The minimum absolute atomic E-state index is 0.535. The van der Waals surface area contributed by atoms with Crippen LogP contribution in [0.1, 0.15) is 43.7 Å². The van der Waals surface area contributed by atoms with Crippen LogP contribution >= 0.6 is 15.9 Å². The van der Waals surface area contributed by atoms with Crippen molar-refractivity contribution in [1.29, 1.82) is 0 Å². The van der Waals surface area contributed by atoms with Gasteiger partial charge in [-0.25, -0.2) is 0 Å². The minimum Gasteiger partial charge on any atom is -0.330 e.